The number of hydrogen-bond donors (Lipinski definition) is 3. The molecule has 3 aromatic rings. The number of phenols is 1. The molecule has 3 N–H and O–H groups in total. The van der Waals surface area contributed by atoms with Crippen molar-refractivity contribution in [2.75, 3.05) is 5.32 Å². The van der Waals surface area contributed by atoms with Gasteiger partial charge in [0, 0.05) is 11.3 Å². The van der Waals surface area contributed by atoms with E-state index in [9.17, 15) is 9.90 Å². The van der Waals surface area contributed by atoms with Crippen LogP contribution in [-0.2, 0) is 4.79 Å². The molecule has 0 aliphatic rings. The predicted octanol–water partition coefficient (Wildman–Crippen LogP) is 3.80. The fourth-order valence-electron chi connectivity index (χ4n) is 2.73. The zero-order valence-electron chi connectivity index (χ0n) is 14.7. The number of hydrogen-bond acceptors (Lipinski definition) is 4. The van der Waals surface area contributed by atoms with Crippen LogP contribution in [0.1, 0.15) is 18.1 Å². The molecule has 0 saturated heterocycles. The van der Waals surface area contributed by atoms with Gasteiger partial charge in [0.15, 0.2) is 0 Å². The maximum absolute atomic E-state index is 12.2. The number of aromatic hydroxyl groups is 1. The number of hydrazone groups is 1. The van der Waals surface area contributed by atoms with E-state index in [1.165, 1.54) is 6.21 Å². The number of carbonyl (C=O) groups excluding carboxylic acids is 1. The number of phenolic OH excluding ortho intramolecular Hbond substituents is 1. The molecule has 5 heteroatoms. The van der Waals surface area contributed by atoms with Crippen LogP contribution >= 0.6 is 0 Å². The molecule has 0 aliphatic carbocycles. The van der Waals surface area contributed by atoms with Crippen molar-refractivity contribution in [2.24, 2.45) is 5.10 Å². The number of amides is 1. The van der Waals surface area contributed by atoms with Gasteiger partial charge in [-0.3, -0.25) is 4.79 Å². The van der Waals surface area contributed by atoms with Gasteiger partial charge in [-0.25, -0.2) is 5.43 Å². The molecule has 3 rings (SSSR count). The number of nitrogens with one attached hydrogen (secondary N) is 2. The number of aryl methyl sites for hydroxylation is 1. The largest absolute Gasteiger partial charge is 0.507 e. The Hall–Kier alpha value is -3.34. The third-order valence-electron chi connectivity index (χ3n) is 4.11. The highest BCUT2D eigenvalue weighted by Crippen LogP contribution is 2.25. The third kappa shape index (κ3) is 4.00. The van der Waals surface area contributed by atoms with E-state index >= 15 is 0 Å². The van der Waals surface area contributed by atoms with E-state index in [4.69, 9.17) is 0 Å². The predicted molar refractivity (Wildman–Crippen MR) is 106 cm³/mol. The summed E-state index contributed by atoms with van der Waals surface area (Å²) in [6.07, 6.45) is 1.47. The fourth-order valence-corrected chi connectivity index (χ4v) is 2.73. The monoisotopic (exact) mass is 347 g/mol. The molecule has 0 aliphatic heterocycles. The van der Waals surface area contributed by atoms with Crippen LogP contribution in [0.3, 0.4) is 0 Å². The Bertz CT molecular complexity index is 966. The molecule has 0 spiro atoms. The Kier molecular flexibility index (Phi) is 5.17. The second-order valence-corrected chi connectivity index (χ2v) is 6.19. The van der Waals surface area contributed by atoms with E-state index in [1.54, 1.807) is 13.0 Å². The van der Waals surface area contributed by atoms with Crippen molar-refractivity contribution in [2.45, 2.75) is 19.9 Å². The molecular weight excluding hydrogens is 326 g/mol. The van der Waals surface area contributed by atoms with Crippen LogP contribution in [0.25, 0.3) is 10.8 Å². The van der Waals surface area contributed by atoms with Gasteiger partial charge in [-0.2, -0.15) is 5.10 Å². The second kappa shape index (κ2) is 7.70. The van der Waals surface area contributed by atoms with Gasteiger partial charge in [0.05, 0.1) is 6.21 Å². The lowest BCUT2D eigenvalue weighted by Crippen LogP contribution is -2.34. The summed E-state index contributed by atoms with van der Waals surface area (Å²) in [4.78, 5) is 12.2. The van der Waals surface area contributed by atoms with Gasteiger partial charge >= 0.3 is 0 Å². The summed E-state index contributed by atoms with van der Waals surface area (Å²) < 4.78 is 0. The van der Waals surface area contributed by atoms with Gasteiger partial charge in [0.1, 0.15) is 11.8 Å². The maximum atomic E-state index is 12.2. The normalized spacial score (nSPS) is 12.2. The van der Waals surface area contributed by atoms with Crippen molar-refractivity contribution in [3.63, 3.8) is 0 Å². The van der Waals surface area contributed by atoms with Crippen LogP contribution in [0.5, 0.6) is 5.75 Å². The van der Waals surface area contributed by atoms with E-state index in [0.29, 0.717) is 5.56 Å². The van der Waals surface area contributed by atoms with Gasteiger partial charge in [-0.1, -0.05) is 42.5 Å². The summed E-state index contributed by atoms with van der Waals surface area (Å²) in [6, 6.07) is 18.5. The zero-order chi connectivity index (χ0) is 18.5. The number of rotatable bonds is 5. The molecule has 3 aromatic carbocycles. The molecule has 0 fully saturated rings. The lowest BCUT2D eigenvalue weighted by molar-refractivity contribution is -0.121. The molecule has 0 aromatic heterocycles. The van der Waals surface area contributed by atoms with Gasteiger partial charge in [0.25, 0.3) is 5.91 Å². The number of anilines is 1. The quantitative estimate of drug-likeness (QED) is 0.485. The maximum Gasteiger partial charge on any atom is 0.262 e. The summed E-state index contributed by atoms with van der Waals surface area (Å²) in [5.74, 6) is -0.143. The molecule has 132 valence electrons. The first-order valence-electron chi connectivity index (χ1n) is 8.41. The van der Waals surface area contributed by atoms with Crippen molar-refractivity contribution >= 4 is 28.6 Å². The zero-order valence-corrected chi connectivity index (χ0v) is 14.7. The molecule has 1 atom stereocenters. The van der Waals surface area contributed by atoms with Crippen molar-refractivity contribution in [1.29, 1.82) is 0 Å². The topological polar surface area (TPSA) is 73.7 Å². The van der Waals surface area contributed by atoms with Crippen LogP contribution < -0.4 is 10.7 Å². The first-order chi connectivity index (χ1) is 12.5. The lowest BCUT2D eigenvalue weighted by atomic mass is 10.0. The molecule has 0 heterocycles. The summed E-state index contributed by atoms with van der Waals surface area (Å²) in [6.45, 7) is 3.76. The van der Waals surface area contributed by atoms with Crippen LogP contribution in [-0.4, -0.2) is 23.3 Å². The Morgan fingerprint density at radius 3 is 2.73 bits per heavy atom. The molecule has 0 bridgehead atoms. The van der Waals surface area contributed by atoms with E-state index in [-0.39, 0.29) is 11.7 Å². The smallest absolute Gasteiger partial charge is 0.262 e. The Balaban J connectivity index is 1.68. The van der Waals surface area contributed by atoms with Crippen molar-refractivity contribution in [1.82, 2.24) is 5.43 Å². The van der Waals surface area contributed by atoms with Gasteiger partial charge in [-0.05, 0) is 48.4 Å². The minimum Gasteiger partial charge on any atom is -0.507 e. The van der Waals surface area contributed by atoms with Crippen molar-refractivity contribution in [3.05, 3.63) is 71.8 Å². The summed E-state index contributed by atoms with van der Waals surface area (Å²) in [7, 11) is 0. The van der Waals surface area contributed by atoms with E-state index in [2.05, 4.69) is 15.8 Å². The SMILES string of the molecule is Cc1cccc(NC(C)C(=O)N/N=C\c2c(O)ccc3ccccc23)c1. The number of fused-ring (bicyclic) bond motifs is 1. The van der Waals surface area contributed by atoms with E-state index in [1.807, 2.05) is 61.5 Å². The van der Waals surface area contributed by atoms with Crippen LogP contribution in [0.15, 0.2) is 65.8 Å². The summed E-state index contributed by atoms with van der Waals surface area (Å²) in [5.41, 5.74) is 5.08. The van der Waals surface area contributed by atoms with Gasteiger partial charge in [-0.15, -0.1) is 0 Å². The third-order valence-corrected chi connectivity index (χ3v) is 4.11. The highest BCUT2D eigenvalue weighted by Gasteiger charge is 2.12. The summed E-state index contributed by atoms with van der Waals surface area (Å²) in [5, 5.41) is 19.1. The molecule has 0 radical (unpaired) electrons. The molecule has 1 unspecified atom stereocenters. The Labute approximate surface area is 152 Å². The molecule has 1 amide bonds. The molecule has 26 heavy (non-hydrogen) atoms. The second-order valence-electron chi connectivity index (χ2n) is 6.19. The Morgan fingerprint density at radius 2 is 1.92 bits per heavy atom. The average Bonchev–Trinajstić information content (AvgIpc) is 2.63. The highest BCUT2D eigenvalue weighted by atomic mass is 16.3. The fraction of sp³-hybridized carbons (Fsp3) is 0.143. The first kappa shape index (κ1) is 17.5. The molecule has 5 nitrogen and oxygen atoms in total. The van der Waals surface area contributed by atoms with Crippen LogP contribution in [0.2, 0.25) is 0 Å². The van der Waals surface area contributed by atoms with Gasteiger partial charge in [0.2, 0.25) is 0 Å². The number of nitrogens with zero attached hydrogens (tertiary/aromatic N) is 1. The Morgan fingerprint density at radius 1 is 1.12 bits per heavy atom. The van der Waals surface area contributed by atoms with E-state index < -0.39 is 6.04 Å². The minimum absolute atomic E-state index is 0.118. The highest BCUT2D eigenvalue weighted by molar-refractivity contribution is 6.02. The number of benzene rings is 3. The first-order valence-corrected chi connectivity index (χ1v) is 8.41. The minimum atomic E-state index is -0.449. The average molecular weight is 347 g/mol. The lowest BCUT2D eigenvalue weighted by Gasteiger charge is -2.13. The number of carbonyl (C=O) groups is 1. The van der Waals surface area contributed by atoms with Crippen LogP contribution in [0, 0.1) is 6.92 Å². The van der Waals surface area contributed by atoms with Gasteiger partial charge < -0.3 is 10.4 Å². The van der Waals surface area contributed by atoms with Crippen LogP contribution in [0.4, 0.5) is 5.69 Å². The van der Waals surface area contributed by atoms with Crippen molar-refractivity contribution < 1.29 is 9.90 Å². The molecule has 0 saturated carbocycles. The molecular formula is C21H21N3O2. The summed E-state index contributed by atoms with van der Waals surface area (Å²) >= 11 is 0. The van der Waals surface area contributed by atoms with Crippen molar-refractivity contribution in [3.8, 4) is 5.75 Å². The van der Waals surface area contributed by atoms with E-state index in [0.717, 1.165) is 22.0 Å². The standard InChI is InChI=1S/C21H21N3O2/c1-14-6-5-8-17(12-14)23-15(2)21(26)24-22-13-19-18-9-4-3-7-16(18)10-11-20(19)25/h3-13,15,23,25H,1-2H3,(H,24,26)/b22-13-.